The molecule has 120 valence electrons. The number of fused-ring (bicyclic) bond motifs is 2. The molecule has 0 spiro atoms. The fourth-order valence-corrected chi connectivity index (χ4v) is 4.45. The SMILES string of the molecule is COc1ccc(CN2C3(C)CCCC2(C)CC(=NO)C3)cc1. The first-order valence-corrected chi connectivity index (χ1v) is 8.10. The zero-order valence-electron chi connectivity index (χ0n) is 13.8. The molecule has 0 aromatic heterocycles. The molecule has 0 radical (unpaired) electrons. The van der Waals surface area contributed by atoms with E-state index in [2.05, 4.69) is 36.0 Å². The lowest BCUT2D eigenvalue weighted by atomic mass is 9.68. The third-order valence-electron chi connectivity index (χ3n) is 5.54. The van der Waals surface area contributed by atoms with E-state index in [1.165, 1.54) is 12.0 Å². The van der Waals surface area contributed by atoms with Crippen LogP contribution in [-0.4, -0.2) is 34.0 Å². The highest BCUT2D eigenvalue weighted by Crippen LogP contribution is 2.47. The Bertz CT molecular complexity index is 547. The molecule has 4 nitrogen and oxygen atoms in total. The summed E-state index contributed by atoms with van der Waals surface area (Å²) in [5.41, 5.74) is 2.44. The zero-order chi connectivity index (χ0) is 15.8. The molecule has 2 saturated heterocycles. The number of rotatable bonds is 3. The van der Waals surface area contributed by atoms with Crippen LogP contribution in [0, 0.1) is 0 Å². The van der Waals surface area contributed by atoms with Gasteiger partial charge in [-0.05, 0) is 50.8 Å². The molecule has 0 amide bonds. The van der Waals surface area contributed by atoms with Crippen LogP contribution in [0.4, 0.5) is 0 Å². The van der Waals surface area contributed by atoms with E-state index < -0.39 is 0 Å². The molecule has 1 aromatic carbocycles. The number of hydrogen-bond donors (Lipinski definition) is 1. The first kappa shape index (κ1) is 15.3. The van der Waals surface area contributed by atoms with E-state index in [-0.39, 0.29) is 11.1 Å². The number of methoxy groups -OCH3 is 1. The fraction of sp³-hybridized carbons (Fsp3) is 0.611. The van der Waals surface area contributed by atoms with Gasteiger partial charge < -0.3 is 9.94 Å². The van der Waals surface area contributed by atoms with E-state index in [4.69, 9.17) is 4.74 Å². The predicted octanol–water partition coefficient (Wildman–Crippen LogP) is 3.82. The lowest BCUT2D eigenvalue weighted by Crippen LogP contribution is -2.65. The van der Waals surface area contributed by atoms with Gasteiger partial charge in [0, 0.05) is 30.5 Å². The van der Waals surface area contributed by atoms with Gasteiger partial charge in [0.05, 0.1) is 12.8 Å². The summed E-state index contributed by atoms with van der Waals surface area (Å²) in [7, 11) is 1.70. The molecule has 0 saturated carbocycles. The first-order valence-electron chi connectivity index (χ1n) is 8.10. The summed E-state index contributed by atoms with van der Waals surface area (Å²) in [6.45, 7) is 5.58. The van der Waals surface area contributed by atoms with Crippen LogP contribution in [0.3, 0.4) is 0 Å². The molecule has 4 heteroatoms. The first-order chi connectivity index (χ1) is 10.5. The van der Waals surface area contributed by atoms with E-state index in [0.717, 1.165) is 43.7 Å². The highest BCUT2D eigenvalue weighted by atomic mass is 16.5. The Labute approximate surface area is 132 Å². The Morgan fingerprint density at radius 1 is 1.14 bits per heavy atom. The Balaban J connectivity index is 1.87. The van der Waals surface area contributed by atoms with E-state index in [1.807, 2.05) is 12.1 Å². The molecule has 2 unspecified atom stereocenters. The summed E-state index contributed by atoms with van der Waals surface area (Å²) < 4.78 is 5.24. The van der Waals surface area contributed by atoms with Crippen molar-refractivity contribution in [3.63, 3.8) is 0 Å². The van der Waals surface area contributed by atoms with Gasteiger partial charge in [0.25, 0.3) is 0 Å². The molecule has 2 atom stereocenters. The third kappa shape index (κ3) is 2.60. The second kappa shape index (κ2) is 5.58. The van der Waals surface area contributed by atoms with Crippen LogP contribution in [0.1, 0.15) is 51.5 Å². The van der Waals surface area contributed by atoms with Crippen LogP contribution in [-0.2, 0) is 6.54 Å². The Morgan fingerprint density at radius 3 is 2.23 bits per heavy atom. The average molecular weight is 302 g/mol. The molecule has 3 rings (SSSR count). The van der Waals surface area contributed by atoms with Gasteiger partial charge in [0.2, 0.25) is 0 Å². The van der Waals surface area contributed by atoms with Crippen molar-refractivity contribution in [2.24, 2.45) is 5.16 Å². The molecule has 2 fully saturated rings. The molecule has 1 N–H and O–H groups in total. The summed E-state index contributed by atoms with van der Waals surface area (Å²) in [6.07, 6.45) is 5.32. The maximum absolute atomic E-state index is 9.26. The van der Waals surface area contributed by atoms with Crippen LogP contribution in [0.5, 0.6) is 5.75 Å². The van der Waals surface area contributed by atoms with Crippen molar-refractivity contribution >= 4 is 5.71 Å². The number of oxime groups is 1. The largest absolute Gasteiger partial charge is 0.497 e. The van der Waals surface area contributed by atoms with Gasteiger partial charge in [0.15, 0.2) is 0 Å². The average Bonchev–Trinajstić information content (AvgIpc) is 2.50. The van der Waals surface area contributed by atoms with Crippen LogP contribution in [0.2, 0.25) is 0 Å². The van der Waals surface area contributed by atoms with Crippen molar-refractivity contribution in [2.45, 2.75) is 63.6 Å². The monoisotopic (exact) mass is 302 g/mol. The van der Waals surface area contributed by atoms with Crippen LogP contribution in [0.25, 0.3) is 0 Å². The summed E-state index contributed by atoms with van der Waals surface area (Å²) in [5.74, 6) is 0.898. The summed E-state index contributed by atoms with van der Waals surface area (Å²) in [6, 6.07) is 8.36. The van der Waals surface area contributed by atoms with Crippen molar-refractivity contribution in [2.75, 3.05) is 7.11 Å². The standard InChI is InChI=1S/C18H26N2O2/c1-17-9-4-10-18(2,12-15(11-17)19-21)20(17)13-14-5-7-16(22-3)8-6-14/h5-8,21H,4,9-13H2,1-3H3. The quantitative estimate of drug-likeness (QED) is 0.682. The second-order valence-electron chi connectivity index (χ2n) is 7.30. The van der Waals surface area contributed by atoms with Gasteiger partial charge in [-0.15, -0.1) is 0 Å². The molecule has 0 aliphatic carbocycles. The van der Waals surface area contributed by atoms with Gasteiger partial charge in [-0.25, -0.2) is 0 Å². The summed E-state index contributed by atoms with van der Waals surface area (Å²) in [5, 5.41) is 12.8. The van der Waals surface area contributed by atoms with Gasteiger partial charge >= 0.3 is 0 Å². The number of ether oxygens (including phenoxy) is 1. The van der Waals surface area contributed by atoms with Crippen molar-refractivity contribution < 1.29 is 9.94 Å². The number of hydrogen-bond acceptors (Lipinski definition) is 4. The van der Waals surface area contributed by atoms with E-state index in [9.17, 15) is 5.21 Å². The summed E-state index contributed by atoms with van der Waals surface area (Å²) >= 11 is 0. The molecular weight excluding hydrogens is 276 g/mol. The Hall–Kier alpha value is -1.55. The lowest BCUT2D eigenvalue weighted by Gasteiger charge is -2.59. The van der Waals surface area contributed by atoms with Crippen molar-refractivity contribution in [1.29, 1.82) is 0 Å². The van der Waals surface area contributed by atoms with E-state index in [1.54, 1.807) is 7.11 Å². The zero-order valence-corrected chi connectivity index (χ0v) is 13.8. The van der Waals surface area contributed by atoms with Gasteiger partial charge in [-0.3, -0.25) is 4.90 Å². The highest BCUT2D eigenvalue weighted by Gasteiger charge is 2.51. The Kier molecular flexibility index (Phi) is 3.89. The van der Waals surface area contributed by atoms with Gasteiger partial charge in [-0.1, -0.05) is 17.3 Å². The van der Waals surface area contributed by atoms with Crippen LogP contribution in [0.15, 0.2) is 29.4 Å². The number of nitrogens with zero attached hydrogens (tertiary/aromatic N) is 2. The lowest BCUT2D eigenvalue weighted by molar-refractivity contribution is -0.0606. The highest BCUT2D eigenvalue weighted by molar-refractivity contribution is 5.87. The maximum atomic E-state index is 9.26. The molecule has 2 heterocycles. The van der Waals surface area contributed by atoms with Gasteiger partial charge in [-0.2, -0.15) is 0 Å². The van der Waals surface area contributed by atoms with E-state index in [0.29, 0.717) is 0 Å². The molecule has 2 aliphatic rings. The molecule has 2 aliphatic heterocycles. The topological polar surface area (TPSA) is 45.1 Å². The van der Waals surface area contributed by atoms with E-state index >= 15 is 0 Å². The van der Waals surface area contributed by atoms with Crippen molar-refractivity contribution in [1.82, 2.24) is 4.90 Å². The number of benzene rings is 1. The molecule has 22 heavy (non-hydrogen) atoms. The van der Waals surface area contributed by atoms with Crippen LogP contribution < -0.4 is 4.74 Å². The normalized spacial score (nSPS) is 31.9. The van der Waals surface area contributed by atoms with Crippen molar-refractivity contribution in [3.8, 4) is 5.75 Å². The maximum Gasteiger partial charge on any atom is 0.118 e. The minimum atomic E-state index is 0.0900. The number of piperidine rings is 2. The Morgan fingerprint density at radius 2 is 1.73 bits per heavy atom. The molecular formula is C18H26N2O2. The molecule has 1 aromatic rings. The second-order valence-corrected chi connectivity index (χ2v) is 7.30. The summed E-state index contributed by atoms with van der Waals surface area (Å²) in [4.78, 5) is 2.64. The van der Waals surface area contributed by atoms with Crippen molar-refractivity contribution in [3.05, 3.63) is 29.8 Å². The third-order valence-corrected chi connectivity index (χ3v) is 5.54. The molecule has 2 bridgehead atoms. The fourth-order valence-electron chi connectivity index (χ4n) is 4.45. The minimum Gasteiger partial charge on any atom is -0.497 e. The smallest absolute Gasteiger partial charge is 0.118 e. The predicted molar refractivity (Wildman–Crippen MR) is 87.7 cm³/mol. The minimum absolute atomic E-state index is 0.0900. The van der Waals surface area contributed by atoms with Crippen LogP contribution >= 0.6 is 0 Å². The van der Waals surface area contributed by atoms with Gasteiger partial charge in [0.1, 0.15) is 5.75 Å².